The molecule has 1 atom stereocenters. The highest BCUT2D eigenvalue weighted by atomic mass is 35.5. The van der Waals surface area contributed by atoms with Crippen LogP contribution in [0.4, 0.5) is 5.95 Å². The molecule has 0 aliphatic rings. The molecule has 0 bridgehead atoms. The third kappa shape index (κ3) is 3.66. The summed E-state index contributed by atoms with van der Waals surface area (Å²) in [6.07, 6.45) is 2.79. The van der Waals surface area contributed by atoms with E-state index in [-0.39, 0.29) is 17.1 Å². The molecule has 0 fully saturated rings. The third-order valence-electron chi connectivity index (χ3n) is 4.04. The van der Waals surface area contributed by atoms with Gasteiger partial charge in [-0.25, -0.2) is 8.42 Å². The topological polar surface area (TPSA) is 89.2 Å². The normalized spacial score (nSPS) is 13.3. The first kappa shape index (κ1) is 18.6. The van der Waals surface area contributed by atoms with Crippen molar-refractivity contribution in [3.8, 4) is 0 Å². The minimum atomic E-state index is -3.56. The van der Waals surface area contributed by atoms with Crippen molar-refractivity contribution in [1.82, 2.24) is 19.6 Å². The fourth-order valence-electron chi connectivity index (χ4n) is 2.57. The van der Waals surface area contributed by atoms with E-state index in [4.69, 9.17) is 11.6 Å². The quantitative estimate of drug-likeness (QED) is 0.713. The lowest BCUT2D eigenvalue weighted by atomic mass is 10.1. The Morgan fingerprint density at radius 1 is 1.12 bits per heavy atom. The summed E-state index contributed by atoms with van der Waals surface area (Å²) in [6, 6.07) is 7.27. The van der Waals surface area contributed by atoms with Gasteiger partial charge in [-0.05, 0) is 30.5 Å². The second-order valence-electron chi connectivity index (χ2n) is 6.51. The summed E-state index contributed by atoms with van der Waals surface area (Å²) in [7, 11) is -3.56. The van der Waals surface area contributed by atoms with Crippen molar-refractivity contribution in [2.45, 2.75) is 37.9 Å². The fraction of sp³-hybridized carbons (Fsp3) is 0.353. The van der Waals surface area contributed by atoms with Gasteiger partial charge in [0.15, 0.2) is 5.65 Å². The molecule has 0 amide bonds. The van der Waals surface area contributed by atoms with Crippen LogP contribution in [0.1, 0.15) is 43.9 Å². The summed E-state index contributed by atoms with van der Waals surface area (Å²) < 4.78 is 25.6. The number of rotatable bonds is 5. The molecule has 2 aromatic heterocycles. The third-order valence-corrected chi connectivity index (χ3v) is 5.14. The molecule has 1 aromatic carbocycles. The lowest BCUT2D eigenvalue weighted by molar-refractivity contribution is 0.591. The Kier molecular flexibility index (Phi) is 4.90. The number of nitrogens with zero attached hydrogens (tertiary/aromatic N) is 4. The number of hydrogen-bond acceptors (Lipinski definition) is 6. The van der Waals surface area contributed by atoms with E-state index >= 15 is 0 Å². The number of fused-ring (bicyclic) bond motifs is 1. The van der Waals surface area contributed by atoms with Crippen LogP contribution in [0.25, 0.3) is 5.65 Å². The Bertz CT molecular complexity index is 1040. The largest absolute Gasteiger partial charge is 0.348 e. The molecule has 0 aliphatic carbocycles. The summed E-state index contributed by atoms with van der Waals surface area (Å²) in [5, 5.41) is 7.99. The van der Waals surface area contributed by atoms with Gasteiger partial charge in [-0.1, -0.05) is 37.6 Å². The van der Waals surface area contributed by atoms with Gasteiger partial charge >= 0.3 is 0 Å². The molecule has 3 aromatic rings. The van der Waals surface area contributed by atoms with Gasteiger partial charge < -0.3 is 5.32 Å². The van der Waals surface area contributed by atoms with Crippen molar-refractivity contribution in [2.75, 3.05) is 11.6 Å². The van der Waals surface area contributed by atoms with Crippen LogP contribution in [-0.4, -0.2) is 34.3 Å². The Balaban J connectivity index is 2.10. The molecule has 3 rings (SSSR count). The first-order chi connectivity index (χ1) is 12.2. The van der Waals surface area contributed by atoms with Gasteiger partial charge in [0, 0.05) is 16.8 Å². The molecule has 0 radical (unpaired) electrons. The number of sulfone groups is 1. The lowest BCUT2D eigenvalue weighted by Gasteiger charge is -2.16. The second kappa shape index (κ2) is 6.85. The maximum absolute atomic E-state index is 12.0. The van der Waals surface area contributed by atoms with E-state index in [0.29, 0.717) is 16.6 Å². The molecule has 1 N–H and O–H groups in total. The predicted octanol–water partition coefficient (Wildman–Crippen LogP) is 3.48. The van der Waals surface area contributed by atoms with Crippen LogP contribution in [0.15, 0.2) is 35.6 Å². The molecule has 0 saturated carbocycles. The van der Waals surface area contributed by atoms with E-state index in [2.05, 4.69) is 20.4 Å². The van der Waals surface area contributed by atoms with Crippen LogP contribution in [0.2, 0.25) is 5.02 Å². The zero-order chi connectivity index (χ0) is 19.1. The SMILES string of the molecule is CC(C)c1cnn2c(N[C@@H](C)c3ccc(Cl)cc3)nc(S(C)(=O)=O)nc12. The smallest absolute Gasteiger partial charge is 0.252 e. The fourth-order valence-corrected chi connectivity index (χ4v) is 3.20. The summed E-state index contributed by atoms with van der Waals surface area (Å²) >= 11 is 5.94. The highest BCUT2D eigenvalue weighted by Gasteiger charge is 2.21. The van der Waals surface area contributed by atoms with Crippen LogP contribution < -0.4 is 5.32 Å². The van der Waals surface area contributed by atoms with Crippen LogP contribution in [0.3, 0.4) is 0 Å². The molecule has 26 heavy (non-hydrogen) atoms. The Morgan fingerprint density at radius 3 is 2.35 bits per heavy atom. The van der Waals surface area contributed by atoms with Gasteiger partial charge in [0.1, 0.15) is 0 Å². The van der Waals surface area contributed by atoms with Crippen molar-refractivity contribution in [3.63, 3.8) is 0 Å². The maximum atomic E-state index is 12.0. The monoisotopic (exact) mass is 393 g/mol. The average Bonchev–Trinajstić information content (AvgIpc) is 2.99. The van der Waals surface area contributed by atoms with Gasteiger partial charge in [-0.2, -0.15) is 19.6 Å². The summed E-state index contributed by atoms with van der Waals surface area (Å²) in [5.74, 6) is 0.473. The number of nitrogens with one attached hydrogen (secondary N) is 1. The minimum absolute atomic E-state index is 0.135. The van der Waals surface area contributed by atoms with Crippen molar-refractivity contribution >= 4 is 33.0 Å². The number of anilines is 1. The molecule has 2 heterocycles. The van der Waals surface area contributed by atoms with Crippen LogP contribution in [0, 0.1) is 0 Å². The van der Waals surface area contributed by atoms with E-state index < -0.39 is 9.84 Å². The Labute approximate surface area is 157 Å². The van der Waals surface area contributed by atoms with E-state index in [1.807, 2.05) is 32.9 Å². The number of benzene rings is 1. The molecule has 0 spiro atoms. The molecule has 138 valence electrons. The van der Waals surface area contributed by atoms with Gasteiger partial charge in [-0.15, -0.1) is 0 Å². The minimum Gasteiger partial charge on any atom is -0.348 e. The molecule has 0 aliphatic heterocycles. The molecule has 0 saturated heterocycles. The van der Waals surface area contributed by atoms with Gasteiger partial charge in [0.2, 0.25) is 15.8 Å². The molecular formula is C17H20ClN5O2S. The molecular weight excluding hydrogens is 374 g/mol. The molecule has 7 nitrogen and oxygen atoms in total. The first-order valence-electron chi connectivity index (χ1n) is 8.14. The van der Waals surface area contributed by atoms with Gasteiger partial charge in [-0.3, -0.25) is 0 Å². The Morgan fingerprint density at radius 2 is 1.77 bits per heavy atom. The van der Waals surface area contributed by atoms with Crippen molar-refractivity contribution in [2.24, 2.45) is 0 Å². The van der Waals surface area contributed by atoms with Crippen molar-refractivity contribution in [1.29, 1.82) is 0 Å². The van der Waals surface area contributed by atoms with Crippen molar-refractivity contribution in [3.05, 3.63) is 46.6 Å². The van der Waals surface area contributed by atoms with Crippen LogP contribution >= 0.6 is 11.6 Å². The number of aromatic nitrogens is 4. The zero-order valence-electron chi connectivity index (χ0n) is 14.9. The highest BCUT2D eigenvalue weighted by Crippen LogP contribution is 2.24. The standard InChI is InChI=1S/C17H20ClN5O2S/c1-10(2)14-9-19-23-15(14)21-17(26(4,24)25)22-16(23)20-11(3)12-5-7-13(18)8-6-12/h5-11H,1-4H3,(H,20,21,22)/t11-/m0/s1. The van der Waals surface area contributed by atoms with E-state index in [9.17, 15) is 8.42 Å². The maximum Gasteiger partial charge on any atom is 0.252 e. The predicted molar refractivity (Wildman–Crippen MR) is 101 cm³/mol. The summed E-state index contributed by atoms with van der Waals surface area (Å²) in [6.45, 7) is 5.95. The molecule has 9 heteroatoms. The summed E-state index contributed by atoms with van der Waals surface area (Å²) in [4.78, 5) is 8.42. The lowest BCUT2D eigenvalue weighted by Crippen LogP contribution is -2.16. The first-order valence-corrected chi connectivity index (χ1v) is 10.4. The summed E-state index contributed by atoms with van der Waals surface area (Å²) in [5.41, 5.74) is 2.33. The van der Waals surface area contributed by atoms with E-state index in [0.717, 1.165) is 17.4 Å². The van der Waals surface area contributed by atoms with Crippen LogP contribution in [-0.2, 0) is 9.84 Å². The van der Waals surface area contributed by atoms with Gasteiger partial charge in [0.05, 0.1) is 12.2 Å². The van der Waals surface area contributed by atoms with Gasteiger partial charge in [0.25, 0.3) is 5.16 Å². The highest BCUT2D eigenvalue weighted by molar-refractivity contribution is 7.90. The van der Waals surface area contributed by atoms with Crippen LogP contribution in [0.5, 0.6) is 0 Å². The zero-order valence-corrected chi connectivity index (χ0v) is 16.5. The molecule has 0 unspecified atom stereocenters. The second-order valence-corrected chi connectivity index (χ2v) is 8.86. The number of halogens is 1. The Hall–Kier alpha value is -2.19. The number of hydrogen-bond donors (Lipinski definition) is 1. The van der Waals surface area contributed by atoms with Crippen molar-refractivity contribution < 1.29 is 8.42 Å². The van der Waals surface area contributed by atoms with E-state index in [1.165, 1.54) is 4.52 Å². The van der Waals surface area contributed by atoms with E-state index in [1.54, 1.807) is 18.3 Å². The average molecular weight is 394 g/mol.